The summed E-state index contributed by atoms with van der Waals surface area (Å²) in [5, 5.41) is 9.53. The molecule has 0 aliphatic carbocycles. The van der Waals surface area contributed by atoms with Gasteiger partial charge >= 0.3 is 0 Å². The molecule has 0 N–H and O–H groups in total. The van der Waals surface area contributed by atoms with E-state index in [-0.39, 0.29) is 0 Å². The van der Waals surface area contributed by atoms with E-state index in [1.807, 2.05) is 7.05 Å². The van der Waals surface area contributed by atoms with E-state index in [4.69, 9.17) is 0 Å². The maximum atomic E-state index is 4.29. The van der Waals surface area contributed by atoms with Crippen molar-refractivity contribution in [2.45, 2.75) is 30.7 Å². The van der Waals surface area contributed by atoms with Crippen molar-refractivity contribution in [1.29, 1.82) is 0 Å². The Morgan fingerprint density at radius 2 is 1.90 bits per heavy atom. The lowest BCUT2D eigenvalue weighted by atomic mass is 10.2. The number of benzene rings is 1. The van der Waals surface area contributed by atoms with Crippen LogP contribution in [-0.4, -0.2) is 28.9 Å². The normalized spacial score (nSPS) is 11.1. The van der Waals surface area contributed by atoms with Gasteiger partial charge in [-0.15, -0.1) is 10.2 Å². The number of nitrogens with zero attached hydrogens (tertiary/aromatic N) is 4. The van der Waals surface area contributed by atoms with Gasteiger partial charge in [-0.1, -0.05) is 43.8 Å². The van der Waals surface area contributed by atoms with Crippen LogP contribution in [0.2, 0.25) is 0 Å². The van der Waals surface area contributed by atoms with E-state index in [1.54, 1.807) is 11.8 Å². The van der Waals surface area contributed by atoms with Gasteiger partial charge in [-0.05, 0) is 11.6 Å². The highest BCUT2D eigenvalue weighted by molar-refractivity contribution is 7.98. The Balaban J connectivity index is 2.13. The topological polar surface area (TPSA) is 34.0 Å². The molecule has 0 saturated heterocycles. The molecule has 0 atom stereocenters. The van der Waals surface area contributed by atoms with Crippen molar-refractivity contribution in [3.8, 4) is 0 Å². The van der Waals surface area contributed by atoms with Gasteiger partial charge in [-0.3, -0.25) is 0 Å². The van der Waals surface area contributed by atoms with E-state index in [0.29, 0.717) is 5.92 Å². The molecule has 1 heterocycles. The SMILES string of the molecule is CC(C)c1nnc(SCc2ccccc2N(C)C)n1C. The molecule has 0 aliphatic heterocycles. The molecule has 0 unspecified atom stereocenters. The second-order valence-corrected chi connectivity index (χ2v) is 6.31. The highest BCUT2D eigenvalue weighted by Crippen LogP contribution is 2.27. The Bertz CT molecular complexity index is 575. The van der Waals surface area contributed by atoms with Crippen LogP contribution in [0.3, 0.4) is 0 Å². The Morgan fingerprint density at radius 1 is 1.20 bits per heavy atom. The fourth-order valence-corrected chi connectivity index (χ4v) is 3.08. The van der Waals surface area contributed by atoms with Crippen molar-refractivity contribution in [3.05, 3.63) is 35.7 Å². The molecule has 108 valence electrons. The molecule has 4 nitrogen and oxygen atoms in total. The maximum Gasteiger partial charge on any atom is 0.191 e. The van der Waals surface area contributed by atoms with Gasteiger partial charge in [0.25, 0.3) is 0 Å². The summed E-state index contributed by atoms with van der Waals surface area (Å²) in [6.45, 7) is 4.28. The summed E-state index contributed by atoms with van der Waals surface area (Å²) in [4.78, 5) is 2.14. The van der Waals surface area contributed by atoms with Gasteiger partial charge in [0.1, 0.15) is 5.82 Å². The van der Waals surface area contributed by atoms with Crippen LogP contribution in [0.4, 0.5) is 5.69 Å². The zero-order chi connectivity index (χ0) is 14.7. The number of hydrogen-bond donors (Lipinski definition) is 0. The Hall–Kier alpha value is -1.49. The van der Waals surface area contributed by atoms with E-state index in [2.05, 4.69) is 71.9 Å². The third-order valence-corrected chi connectivity index (χ3v) is 4.28. The zero-order valence-corrected chi connectivity index (χ0v) is 13.6. The van der Waals surface area contributed by atoms with Crippen molar-refractivity contribution >= 4 is 17.4 Å². The van der Waals surface area contributed by atoms with Crippen molar-refractivity contribution in [2.24, 2.45) is 7.05 Å². The standard InChI is InChI=1S/C15H22N4S/c1-11(2)14-16-17-15(19(14)5)20-10-12-8-6-7-9-13(12)18(3)4/h6-9,11H,10H2,1-5H3. The smallest absolute Gasteiger partial charge is 0.191 e. The van der Waals surface area contributed by atoms with Gasteiger partial charge in [0.05, 0.1) is 0 Å². The molecule has 2 aromatic rings. The number of hydrogen-bond acceptors (Lipinski definition) is 4. The van der Waals surface area contributed by atoms with Crippen molar-refractivity contribution in [1.82, 2.24) is 14.8 Å². The zero-order valence-electron chi connectivity index (χ0n) is 12.8. The Kier molecular flexibility index (Phi) is 4.70. The lowest BCUT2D eigenvalue weighted by molar-refractivity contribution is 0.680. The minimum absolute atomic E-state index is 0.399. The number of thioether (sulfide) groups is 1. The minimum Gasteiger partial charge on any atom is -0.377 e. The van der Waals surface area contributed by atoms with E-state index >= 15 is 0 Å². The van der Waals surface area contributed by atoms with Crippen LogP contribution < -0.4 is 4.90 Å². The van der Waals surface area contributed by atoms with Crippen LogP contribution in [0.25, 0.3) is 0 Å². The highest BCUT2D eigenvalue weighted by Gasteiger charge is 2.13. The monoisotopic (exact) mass is 290 g/mol. The number of anilines is 1. The van der Waals surface area contributed by atoms with Crippen LogP contribution in [0.5, 0.6) is 0 Å². The number of aromatic nitrogens is 3. The molecule has 20 heavy (non-hydrogen) atoms. The molecule has 0 spiro atoms. The summed E-state index contributed by atoms with van der Waals surface area (Å²) in [6.07, 6.45) is 0. The minimum atomic E-state index is 0.399. The first-order valence-electron chi connectivity index (χ1n) is 6.78. The third-order valence-electron chi connectivity index (χ3n) is 3.22. The lowest BCUT2D eigenvalue weighted by Gasteiger charge is -2.16. The molecule has 2 rings (SSSR count). The first-order chi connectivity index (χ1) is 9.50. The Morgan fingerprint density at radius 3 is 2.50 bits per heavy atom. The van der Waals surface area contributed by atoms with Gasteiger partial charge in [-0.2, -0.15) is 0 Å². The number of rotatable bonds is 5. The van der Waals surface area contributed by atoms with Gasteiger partial charge in [0.2, 0.25) is 0 Å². The lowest BCUT2D eigenvalue weighted by Crippen LogP contribution is -2.10. The summed E-state index contributed by atoms with van der Waals surface area (Å²) in [7, 11) is 6.18. The average Bonchev–Trinajstić information content (AvgIpc) is 2.78. The predicted octanol–water partition coefficient (Wildman–Crippen LogP) is 3.30. The van der Waals surface area contributed by atoms with Crippen LogP contribution in [0.15, 0.2) is 29.4 Å². The quantitative estimate of drug-likeness (QED) is 0.791. The molecule has 0 radical (unpaired) electrons. The molecular formula is C15H22N4S. The number of para-hydroxylation sites is 1. The van der Waals surface area contributed by atoms with Gasteiger partial charge in [0.15, 0.2) is 5.16 Å². The molecule has 0 aliphatic rings. The maximum absolute atomic E-state index is 4.29. The summed E-state index contributed by atoms with van der Waals surface area (Å²) >= 11 is 1.73. The van der Waals surface area contributed by atoms with Gasteiger partial charge < -0.3 is 9.47 Å². The first kappa shape index (κ1) is 14.9. The predicted molar refractivity (Wildman–Crippen MR) is 85.4 cm³/mol. The highest BCUT2D eigenvalue weighted by atomic mass is 32.2. The van der Waals surface area contributed by atoms with Crippen LogP contribution in [0, 0.1) is 0 Å². The molecule has 1 aromatic carbocycles. The molecule has 1 aromatic heterocycles. The molecule has 0 amide bonds. The van der Waals surface area contributed by atoms with Crippen LogP contribution in [-0.2, 0) is 12.8 Å². The third kappa shape index (κ3) is 3.15. The van der Waals surface area contributed by atoms with Gasteiger partial charge in [0, 0.05) is 38.5 Å². The molecule has 0 bridgehead atoms. The second kappa shape index (κ2) is 6.31. The Labute approximate surface area is 125 Å². The van der Waals surface area contributed by atoms with E-state index in [0.717, 1.165) is 16.7 Å². The summed E-state index contributed by atoms with van der Waals surface area (Å²) in [6, 6.07) is 8.47. The van der Waals surface area contributed by atoms with Crippen molar-refractivity contribution in [2.75, 3.05) is 19.0 Å². The fraction of sp³-hybridized carbons (Fsp3) is 0.467. The average molecular weight is 290 g/mol. The fourth-order valence-electron chi connectivity index (χ4n) is 2.17. The summed E-state index contributed by atoms with van der Waals surface area (Å²) in [5.41, 5.74) is 2.57. The second-order valence-electron chi connectivity index (χ2n) is 5.37. The van der Waals surface area contributed by atoms with Crippen LogP contribution in [0.1, 0.15) is 31.2 Å². The van der Waals surface area contributed by atoms with E-state index < -0.39 is 0 Å². The largest absolute Gasteiger partial charge is 0.377 e. The summed E-state index contributed by atoms with van der Waals surface area (Å²) < 4.78 is 2.09. The van der Waals surface area contributed by atoms with E-state index in [9.17, 15) is 0 Å². The van der Waals surface area contributed by atoms with Crippen molar-refractivity contribution < 1.29 is 0 Å². The first-order valence-corrected chi connectivity index (χ1v) is 7.76. The van der Waals surface area contributed by atoms with Crippen LogP contribution >= 0.6 is 11.8 Å². The van der Waals surface area contributed by atoms with Crippen molar-refractivity contribution in [3.63, 3.8) is 0 Å². The molecule has 5 heteroatoms. The van der Waals surface area contributed by atoms with E-state index in [1.165, 1.54) is 11.3 Å². The summed E-state index contributed by atoms with van der Waals surface area (Å²) in [5.74, 6) is 2.34. The molecule has 0 fully saturated rings. The van der Waals surface area contributed by atoms with Gasteiger partial charge in [-0.25, -0.2) is 0 Å². The molecular weight excluding hydrogens is 268 g/mol. The molecule has 0 saturated carbocycles.